The van der Waals surface area contributed by atoms with Gasteiger partial charge in [-0.3, -0.25) is 20.0 Å². The van der Waals surface area contributed by atoms with Crippen molar-refractivity contribution in [2.45, 2.75) is 33.1 Å². The molecular formula is C23H29FN4. The maximum Gasteiger partial charge on any atom is 0.126 e. The Morgan fingerprint density at radius 1 is 1.25 bits per heavy atom. The highest BCUT2D eigenvalue weighted by Gasteiger charge is 2.42. The first-order valence-electron chi connectivity index (χ1n) is 9.57. The Kier molecular flexibility index (Phi) is 8.18. The van der Waals surface area contributed by atoms with Gasteiger partial charge in [-0.25, -0.2) is 4.39 Å². The molecule has 0 aromatic heterocycles. The molecule has 0 heterocycles. The summed E-state index contributed by atoms with van der Waals surface area (Å²) in [5.41, 5.74) is 4.05. The fourth-order valence-corrected chi connectivity index (χ4v) is 3.33. The topological polar surface area (TPSA) is 49.4 Å². The van der Waals surface area contributed by atoms with Crippen molar-refractivity contribution in [3.63, 3.8) is 0 Å². The second-order valence-corrected chi connectivity index (χ2v) is 7.23. The number of benzene rings is 1. The van der Waals surface area contributed by atoms with E-state index in [1.54, 1.807) is 31.5 Å². The molecule has 1 aromatic carbocycles. The fourth-order valence-electron chi connectivity index (χ4n) is 3.33. The molecule has 2 unspecified atom stereocenters. The van der Waals surface area contributed by atoms with Gasteiger partial charge in [-0.05, 0) is 73.4 Å². The van der Waals surface area contributed by atoms with Crippen molar-refractivity contribution in [2.75, 3.05) is 13.1 Å². The van der Waals surface area contributed by atoms with E-state index in [1.165, 1.54) is 5.56 Å². The van der Waals surface area contributed by atoms with Gasteiger partial charge in [-0.15, -0.1) is 0 Å². The standard InChI is InChI=1S/C23H29FN4/c1-16(2)23(28-12-11-27-10-6-9-25-4)21(15-26-5)20-14-19(20)18-7-8-22(24)17(3)13-18/h6-10,13,15-16,19-20H,4-5,11-12,14H2,1-3H3/b9-6-,21-15-,27-10?,28-23?. The zero-order valence-electron chi connectivity index (χ0n) is 17.0. The van der Waals surface area contributed by atoms with Gasteiger partial charge in [0.05, 0.1) is 13.1 Å². The molecule has 1 aliphatic carbocycles. The molecule has 4 nitrogen and oxygen atoms in total. The van der Waals surface area contributed by atoms with Crippen LogP contribution in [-0.4, -0.2) is 38.5 Å². The average Bonchev–Trinajstić information content (AvgIpc) is 3.45. The number of allylic oxidation sites excluding steroid dienone is 2. The van der Waals surface area contributed by atoms with E-state index in [0.29, 0.717) is 30.5 Å². The zero-order valence-corrected chi connectivity index (χ0v) is 17.0. The Morgan fingerprint density at radius 2 is 2.04 bits per heavy atom. The van der Waals surface area contributed by atoms with Crippen LogP contribution in [0, 0.1) is 24.6 Å². The lowest BCUT2D eigenvalue weighted by Gasteiger charge is -2.14. The number of nitrogens with zero attached hydrogens (tertiary/aromatic N) is 4. The molecule has 0 aliphatic heterocycles. The molecule has 0 amide bonds. The molecule has 1 saturated carbocycles. The van der Waals surface area contributed by atoms with Gasteiger partial charge in [-0.2, -0.15) is 0 Å². The van der Waals surface area contributed by atoms with Crippen LogP contribution in [0.5, 0.6) is 0 Å². The first kappa shape index (κ1) is 21.6. The molecular weight excluding hydrogens is 351 g/mol. The van der Waals surface area contributed by atoms with Crippen molar-refractivity contribution in [1.29, 1.82) is 0 Å². The Labute approximate surface area is 167 Å². The van der Waals surface area contributed by atoms with Crippen LogP contribution >= 0.6 is 0 Å². The Hall–Kier alpha value is -2.69. The summed E-state index contributed by atoms with van der Waals surface area (Å²) in [5, 5.41) is 0. The number of halogens is 1. The maximum absolute atomic E-state index is 13.6. The van der Waals surface area contributed by atoms with Crippen LogP contribution in [0.15, 0.2) is 62.2 Å². The summed E-state index contributed by atoms with van der Waals surface area (Å²) in [6.45, 7) is 14.3. The summed E-state index contributed by atoms with van der Waals surface area (Å²) in [5.74, 6) is 0.846. The van der Waals surface area contributed by atoms with Crippen LogP contribution in [0.2, 0.25) is 0 Å². The highest BCUT2D eigenvalue weighted by Crippen LogP contribution is 2.52. The minimum absolute atomic E-state index is 0.159. The molecule has 28 heavy (non-hydrogen) atoms. The van der Waals surface area contributed by atoms with Crippen molar-refractivity contribution >= 4 is 25.4 Å². The smallest absolute Gasteiger partial charge is 0.126 e. The van der Waals surface area contributed by atoms with E-state index in [1.807, 2.05) is 18.3 Å². The van der Waals surface area contributed by atoms with Gasteiger partial charge in [0.2, 0.25) is 0 Å². The van der Waals surface area contributed by atoms with Gasteiger partial charge >= 0.3 is 0 Å². The summed E-state index contributed by atoms with van der Waals surface area (Å²) in [4.78, 5) is 16.8. The van der Waals surface area contributed by atoms with Crippen LogP contribution in [0.1, 0.15) is 37.3 Å². The largest absolute Gasteiger partial charge is 0.291 e. The SMILES string of the molecule is C=N/C=C\C=NCCN=C(/C(=C\N=C)C1CC1c1ccc(F)c(C)c1)C(C)C. The molecule has 5 heteroatoms. The highest BCUT2D eigenvalue weighted by atomic mass is 19.1. The average molecular weight is 381 g/mol. The van der Waals surface area contributed by atoms with Crippen LogP contribution in [0.4, 0.5) is 4.39 Å². The molecule has 148 valence electrons. The molecule has 1 fully saturated rings. The minimum Gasteiger partial charge on any atom is -0.291 e. The number of hydrogen-bond acceptors (Lipinski definition) is 4. The first-order chi connectivity index (χ1) is 13.5. The molecule has 0 bridgehead atoms. The monoisotopic (exact) mass is 380 g/mol. The third kappa shape index (κ3) is 5.91. The lowest BCUT2D eigenvalue weighted by atomic mass is 9.94. The second-order valence-electron chi connectivity index (χ2n) is 7.23. The second kappa shape index (κ2) is 10.6. The van der Waals surface area contributed by atoms with Crippen molar-refractivity contribution in [2.24, 2.45) is 31.8 Å². The molecule has 0 spiro atoms. The predicted molar refractivity (Wildman–Crippen MR) is 119 cm³/mol. The van der Waals surface area contributed by atoms with Crippen LogP contribution in [0.3, 0.4) is 0 Å². The minimum atomic E-state index is -0.159. The van der Waals surface area contributed by atoms with Crippen LogP contribution in [-0.2, 0) is 0 Å². The quantitative estimate of drug-likeness (QED) is 0.395. The van der Waals surface area contributed by atoms with Gasteiger partial charge in [0.25, 0.3) is 0 Å². The van der Waals surface area contributed by atoms with Gasteiger partial charge < -0.3 is 0 Å². The lowest BCUT2D eigenvalue weighted by Crippen LogP contribution is -2.14. The normalized spacial score (nSPS) is 20.3. The van der Waals surface area contributed by atoms with Crippen LogP contribution in [0.25, 0.3) is 0 Å². The summed E-state index contributed by atoms with van der Waals surface area (Å²) in [7, 11) is 0. The van der Waals surface area contributed by atoms with Gasteiger partial charge in [0, 0.05) is 24.3 Å². The predicted octanol–water partition coefficient (Wildman–Crippen LogP) is 5.20. The number of aryl methyl sites for hydroxylation is 1. The van der Waals surface area contributed by atoms with E-state index < -0.39 is 0 Å². The van der Waals surface area contributed by atoms with Gasteiger partial charge in [0.1, 0.15) is 5.82 Å². The van der Waals surface area contributed by atoms with Crippen molar-refractivity contribution in [1.82, 2.24) is 0 Å². The molecule has 2 rings (SSSR count). The highest BCUT2D eigenvalue weighted by molar-refractivity contribution is 6.02. The van der Waals surface area contributed by atoms with Crippen molar-refractivity contribution in [3.05, 3.63) is 59.2 Å². The molecule has 1 aliphatic rings. The van der Waals surface area contributed by atoms with Crippen molar-refractivity contribution < 1.29 is 4.39 Å². The van der Waals surface area contributed by atoms with E-state index in [2.05, 4.69) is 42.3 Å². The van der Waals surface area contributed by atoms with E-state index in [0.717, 1.165) is 17.7 Å². The molecule has 0 radical (unpaired) electrons. The number of hydrogen-bond donors (Lipinski definition) is 0. The lowest BCUT2D eigenvalue weighted by molar-refractivity contribution is 0.617. The van der Waals surface area contributed by atoms with Crippen molar-refractivity contribution in [3.8, 4) is 0 Å². The van der Waals surface area contributed by atoms with E-state index in [-0.39, 0.29) is 11.7 Å². The maximum atomic E-state index is 13.6. The molecule has 1 aromatic rings. The third-order valence-electron chi connectivity index (χ3n) is 4.77. The summed E-state index contributed by atoms with van der Waals surface area (Å²) < 4.78 is 13.6. The summed E-state index contributed by atoms with van der Waals surface area (Å²) in [6.07, 6.45) is 7.90. The van der Waals surface area contributed by atoms with Gasteiger partial charge in [-0.1, -0.05) is 26.0 Å². The molecule has 2 atom stereocenters. The zero-order chi connectivity index (χ0) is 20.5. The fraction of sp³-hybridized carbons (Fsp3) is 0.391. The number of aliphatic imine (C=N–C) groups is 4. The van der Waals surface area contributed by atoms with E-state index in [9.17, 15) is 4.39 Å². The summed E-state index contributed by atoms with van der Waals surface area (Å²) >= 11 is 0. The van der Waals surface area contributed by atoms with Crippen LogP contribution < -0.4 is 0 Å². The first-order valence-corrected chi connectivity index (χ1v) is 9.57. The number of rotatable bonds is 10. The summed E-state index contributed by atoms with van der Waals surface area (Å²) in [6, 6.07) is 5.39. The van der Waals surface area contributed by atoms with E-state index >= 15 is 0 Å². The third-order valence-corrected chi connectivity index (χ3v) is 4.77. The molecule has 0 saturated heterocycles. The van der Waals surface area contributed by atoms with Gasteiger partial charge in [0.15, 0.2) is 0 Å². The van der Waals surface area contributed by atoms with E-state index in [4.69, 9.17) is 4.99 Å². The molecule has 0 N–H and O–H groups in total. The Bertz CT molecular complexity index is 818. The Morgan fingerprint density at radius 3 is 2.68 bits per heavy atom. The Balaban J connectivity index is 2.12.